The highest BCUT2D eigenvalue weighted by Crippen LogP contribution is 2.29. The number of para-hydroxylation sites is 1. The number of pyridine rings is 1. The van der Waals surface area contributed by atoms with Gasteiger partial charge in [0.15, 0.2) is 6.61 Å². The number of anilines is 1. The van der Waals surface area contributed by atoms with Crippen molar-refractivity contribution in [2.75, 3.05) is 25.0 Å². The number of hydrogen-bond donors (Lipinski definition) is 1. The fourth-order valence-corrected chi connectivity index (χ4v) is 3.55. The number of benzene rings is 2. The summed E-state index contributed by atoms with van der Waals surface area (Å²) in [5.41, 5.74) is 1.75. The SMILES string of the molecule is O=C(COc1ccc(Cl)c2cccnc12)N1CCC(Nc2ccccc2)C1. The van der Waals surface area contributed by atoms with Crippen LogP contribution >= 0.6 is 11.6 Å². The second-order valence-corrected chi connectivity index (χ2v) is 6.98. The van der Waals surface area contributed by atoms with Gasteiger partial charge in [-0.3, -0.25) is 9.78 Å². The zero-order valence-corrected chi connectivity index (χ0v) is 15.5. The van der Waals surface area contributed by atoms with Gasteiger partial charge >= 0.3 is 0 Å². The fraction of sp³-hybridized carbons (Fsp3) is 0.238. The van der Waals surface area contributed by atoms with E-state index in [4.69, 9.17) is 16.3 Å². The first kappa shape index (κ1) is 17.6. The Labute approximate surface area is 162 Å². The molecule has 1 aromatic heterocycles. The highest BCUT2D eigenvalue weighted by Gasteiger charge is 2.26. The van der Waals surface area contributed by atoms with Crippen LogP contribution in [-0.2, 0) is 4.79 Å². The predicted molar refractivity (Wildman–Crippen MR) is 107 cm³/mol. The summed E-state index contributed by atoms with van der Waals surface area (Å²) in [7, 11) is 0. The van der Waals surface area contributed by atoms with Gasteiger partial charge in [-0.15, -0.1) is 0 Å². The normalized spacial score (nSPS) is 16.5. The first-order valence-electron chi connectivity index (χ1n) is 8.96. The minimum Gasteiger partial charge on any atom is -0.481 e. The first-order chi connectivity index (χ1) is 13.2. The number of rotatable bonds is 5. The van der Waals surface area contributed by atoms with Crippen molar-refractivity contribution in [2.24, 2.45) is 0 Å². The van der Waals surface area contributed by atoms with E-state index in [0.29, 0.717) is 22.8 Å². The molecule has 0 radical (unpaired) electrons. The van der Waals surface area contributed by atoms with Crippen LogP contribution in [0.25, 0.3) is 10.9 Å². The molecule has 0 bridgehead atoms. The van der Waals surface area contributed by atoms with E-state index >= 15 is 0 Å². The summed E-state index contributed by atoms with van der Waals surface area (Å²) in [5.74, 6) is 0.549. The highest BCUT2D eigenvalue weighted by molar-refractivity contribution is 6.35. The van der Waals surface area contributed by atoms with Crippen molar-refractivity contribution in [2.45, 2.75) is 12.5 Å². The summed E-state index contributed by atoms with van der Waals surface area (Å²) >= 11 is 6.20. The van der Waals surface area contributed by atoms with E-state index in [1.807, 2.05) is 47.4 Å². The maximum absolute atomic E-state index is 12.5. The van der Waals surface area contributed by atoms with Crippen LogP contribution in [-0.4, -0.2) is 41.5 Å². The number of ether oxygens (including phenoxy) is 1. The summed E-state index contributed by atoms with van der Waals surface area (Å²) in [6.07, 6.45) is 2.61. The molecule has 0 spiro atoms. The van der Waals surface area contributed by atoms with Crippen molar-refractivity contribution in [1.82, 2.24) is 9.88 Å². The van der Waals surface area contributed by atoms with E-state index in [9.17, 15) is 4.79 Å². The van der Waals surface area contributed by atoms with Gasteiger partial charge < -0.3 is 15.0 Å². The Kier molecular flexibility index (Phi) is 5.12. The minimum absolute atomic E-state index is 0.00857. The maximum atomic E-state index is 12.5. The maximum Gasteiger partial charge on any atom is 0.260 e. The molecule has 1 aliphatic rings. The molecule has 1 atom stereocenters. The molecule has 2 aromatic carbocycles. The molecular weight excluding hydrogens is 362 g/mol. The second kappa shape index (κ2) is 7.84. The number of carbonyl (C=O) groups is 1. The summed E-state index contributed by atoms with van der Waals surface area (Å²) in [6, 6.07) is 17.6. The Bertz CT molecular complexity index is 949. The van der Waals surface area contributed by atoms with Crippen molar-refractivity contribution in [3.05, 3.63) is 65.8 Å². The predicted octanol–water partition coefficient (Wildman–Crippen LogP) is 3.98. The van der Waals surface area contributed by atoms with E-state index in [1.165, 1.54) is 0 Å². The highest BCUT2D eigenvalue weighted by atomic mass is 35.5. The van der Waals surface area contributed by atoms with Gasteiger partial charge in [-0.2, -0.15) is 0 Å². The lowest BCUT2D eigenvalue weighted by molar-refractivity contribution is -0.132. The molecule has 1 amide bonds. The monoisotopic (exact) mass is 381 g/mol. The molecule has 4 rings (SSSR count). The van der Waals surface area contributed by atoms with Crippen molar-refractivity contribution in [3.8, 4) is 5.75 Å². The molecule has 0 saturated carbocycles. The third-order valence-corrected chi connectivity index (χ3v) is 5.05. The molecule has 1 N–H and O–H groups in total. The smallest absolute Gasteiger partial charge is 0.260 e. The molecule has 27 heavy (non-hydrogen) atoms. The molecule has 2 heterocycles. The number of halogens is 1. The van der Waals surface area contributed by atoms with Crippen LogP contribution in [0.1, 0.15) is 6.42 Å². The molecule has 1 saturated heterocycles. The van der Waals surface area contributed by atoms with Crippen LogP contribution in [0.3, 0.4) is 0 Å². The fourth-order valence-electron chi connectivity index (χ4n) is 3.33. The van der Waals surface area contributed by atoms with Crippen LogP contribution < -0.4 is 10.1 Å². The largest absolute Gasteiger partial charge is 0.481 e. The molecule has 1 aliphatic heterocycles. The summed E-state index contributed by atoms with van der Waals surface area (Å²) < 4.78 is 5.77. The van der Waals surface area contributed by atoms with Gasteiger partial charge in [-0.1, -0.05) is 29.8 Å². The Hall–Kier alpha value is -2.79. The van der Waals surface area contributed by atoms with Gasteiger partial charge in [0.05, 0.1) is 5.02 Å². The lowest BCUT2D eigenvalue weighted by Crippen LogP contribution is -2.35. The summed E-state index contributed by atoms with van der Waals surface area (Å²) in [4.78, 5) is 18.7. The third kappa shape index (κ3) is 3.98. The van der Waals surface area contributed by atoms with Gasteiger partial charge in [0.25, 0.3) is 5.91 Å². The Morgan fingerprint density at radius 3 is 2.89 bits per heavy atom. The zero-order chi connectivity index (χ0) is 18.6. The number of fused-ring (bicyclic) bond motifs is 1. The van der Waals surface area contributed by atoms with Gasteiger partial charge in [0, 0.05) is 36.4 Å². The van der Waals surface area contributed by atoms with E-state index < -0.39 is 0 Å². The van der Waals surface area contributed by atoms with Crippen molar-refractivity contribution in [3.63, 3.8) is 0 Å². The molecule has 1 unspecified atom stereocenters. The van der Waals surface area contributed by atoms with E-state index in [0.717, 1.165) is 24.0 Å². The van der Waals surface area contributed by atoms with Crippen molar-refractivity contribution in [1.29, 1.82) is 0 Å². The van der Waals surface area contributed by atoms with E-state index in [2.05, 4.69) is 10.3 Å². The Balaban J connectivity index is 1.36. The number of hydrogen-bond acceptors (Lipinski definition) is 4. The van der Waals surface area contributed by atoms with Gasteiger partial charge in [-0.05, 0) is 42.8 Å². The molecule has 3 aromatic rings. The first-order valence-corrected chi connectivity index (χ1v) is 9.34. The molecule has 6 heteroatoms. The quantitative estimate of drug-likeness (QED) is 0.726. The molecule has 138 valence electrons. The van der Waals surface area contributed by atoms with Crippen LogP contribution in [0.15, 0.2) is 60.8 Å². The Morgan fingerprint density at radius 2 is 2.04 bits per heavy atom. The van der Waals surface area contributed by atoms with Crippen LogP contribution in [0.2, 0.25) is 5.02 Å². The number of aromatic nitrogens is 1. The number of amides is 1. The number of nitrogens with zero attached hydrogens (tertiary/aromatic N) is 2. The van der Waals surface area contributed by atoms with Gasteiger partial charge in [0.2, 0.25) is 0 Å². The van der Waals surface area contributed by atoms with Gasteiger partial charge in [-0.25, -0.2) is 0 Å². The van der Waals surface area contributed by atoms with Crippen LogP contribution in [0, 0.1) is 0 Å². The van der Waals surface area contributed by atoms with E-state index in [1.54, 1.807) is 18.3 Å². The average Bonchev–Trinajstić information content (AvgIpc) is 3.17. The molecule has 0 aliphatic carbocycles. The van der Waals surface area contributed by atoms with Crippen molar-refractivity contribution < 1.29 is 9.53 Å². The topological polar surface area (TPSA) is 54.5 Å². The molecule has 1 fully saturated rings. The lowest BCUT2D eigenvalue weighted by Gasteiger charge is -2.18. The van der Waals surface area contributed by atoms with Crippen LogP contribution in [0.4, 0.5) is 5.69 Å². The van der Waals surface area contributed by atoms with Crippen molar-refractivity contribution >= 4 is 34.1 Å². The second-order valence-electron chi connectivity index (χ2n) is 6.57. The van der Waals surface area contributed by atoms with Gasteiger partial charge in [0.1, 0.15) is 11.3 Å². The minimum atomic E-state index is -0.0219. The molecule has 5 nitrogen and oxygen atoms in total. The number of likely N-dealkylation sites (tertiary alicyclic amines) is 1. The number of carbonyl (C=O) groups excluding carboxylic acids is 1. The van der Waals surface area contributed by atoms with E-state index in [-0.39, 0.29) is 18.6 Å². The zero-order valence-electron chi connectivity index (χ0n) is 14.8. The summed E-state index contributed by atoms with van der Waals surface area (Å²) in [5, 5.41) is 4.90. The average molecular weight is 382 g/mol. The van der Waals surface area contributed by atoms with Crippen LogP contribution in [0.5, 0.6) is 5.75 Å². The molecular formula is C21H20ClN3O2. The summed E-state index contributed by atoms with van der Waals surface area (Å²) in [6.45, 7) is 1.40. The standard InChI is InChI=1S/C21H20ClN3O2/c22-18-8-9-19(21-17(18)7-4-11-23-21)27-14-20(26)25-12-10-16(13-25)24-15-5-2-1-3-6-15/h1-9,11,16,24H,10,12-14H2. The number of nitrogens with one attached hydrogen (secondary N) is 1. The Morgan fingerprint density at radius 1 is 1.19 bits per heavy atom. The lowest BCUT2D eigenvalue weighted by atomic mass is 10.2. The third-order valence-electron chi connectivity index (χ3n) is 4.72.